The maximum atomic E-state index is 6.72. The highest BCUT2D eigenvalue weighted by molar-refractivity contribution is 7.98. The van der Waals surface area contributed by atoms with Crippen LogP contribution < -0.4 is 4.18 Å². The van der Waals surface area contributed by atoms with Crippen molar-refractivity contribution in [1.29, 1.82) is 0 Å². The fourth-order valence-electron chi connectivity index (χ4n) is 6.42. The second-order valence-corrected chi connectivity index (χ2v) is 16.2. The number of aryl methyl sites for hydroxylation is 1. The Morgan fingerprint density at radius 3 is 2.18 bits per heavy atom. The molecule has 0 saturated heterocycles. The molecule has 0 unspecified atom stereocenters. The van der Waals surface area contributed by atoms with E-state index >= 15 is 0 Å². The van der Waals surface area contributed by atoms with Crippen LogP contribution in [-0.4, -0.2) is 11.2 Å². The molecule has 0 aliphatic heterocycles. The van der Waals surface area contributed by atoms with Crippen molar-refractivity contribution in [3.8, 4) is 17.0 Å². The van der Waals surface area contributed by atoms with Gasteiger partial charge in [0.2, 0.25) is 0 Å². The third-order valence-corrected chi connectivity index (χ3v) is 9.77. The molecule has 45 heavy (non-hydrogen) atoms. The molecule has 0 radical (unpaired) electrons. The highest BCUT2D eigenvalue weighted by atomic mass is 32.2. The van der Waals surface area contributed by atoms with Gasteiger partial charge in [0.1, 0.15) is 5.75 Å². The van der Waals surface area contributed by atoms with Crippen LogP contribution in [0.2, 0.25) is 0 Å². The van der Waals surface area contributed by atoms with E-state index in [0.29, 0.717) is 0 Å². The summed E-state index contributed by atoms with van der Waals surface area (Å²) in [6.45, 7) is 16.1. The van der Waals surface area contributed by atoms with Crippen molar-refractivity contribution in [3.63, 3.8) is 0 Å². The van der Waals surface area contributed by atoms with Crippen LogP contribution in [0.4, 0.5) is 0 Å². The Balaban J connectivity index is 1.68. The Labute approximate surface area is 277 Å². The van der Waals surface area contributed by atoms with Crippen molar-refractivity contribution in [3.05, 3.63) is 108 Å². The smallest absolute Gasteiger partial charge is 0.148 e. The molecule has 0 fully saturated rings. The second-order valence-electron chi connectivity index (χ2n) is 14.6. The third-order valence-electron chi connectivity index (χ3n) is 8.17. The zero-order valence-corrected chi connectivity index (χ0v) is 29.4. The monoisotopic (exact) mass is 629 g/mol. The van der Waals surface area contributed by atoms with Crippen LogP contribution in [0.15, 0.2) is 101 Å². The average Bonchev–Trinajstić information content (AvgIpc) is 2.98. The van der Waals surface area contributed by atoms with Crippen LogP contribution in [0.5, 0.6) is 5.75 Å². The molecule has 0 aliphatic rings. The minimum atomic E-state index is 0.132. The van der Waals surface area contributed by atoms with Gasteiger partial charge in [-0.05, 0) is 105 Å². The summed E-state index contributed by atoms with van der Waals surface area (Å²) in [6.07, 6.45) is 6.14. The lowest BCUT2D eigenvalue weighted by atomic mass is 9.84. The number of hydrogen-bond acceptors (Lipinski definition) is 4. The lowest BCUT2D eigenvalue weighted by Gasteiger charge is -2.24. The Morgan fingerprint density at radius 2 is 1.47 bits per heavy atom. The molecule has 1 heterocycles. The van der Waals surface area contributed by atoms with Gasteiger partial charge in [-0.15, -0.1) is 11.8 Å². The number of fused-ring (bicyclic) bond motifs is 4. The Bertz CT molecular complexity index is 2020. The first-order valence-electron chi connectivity index (χ1n) is 15.8. The van der Waals surface area contributed by atoms with Crippen molar-refractivity contribution in [2.45, 2.75) is 71.1 Å². The Hall–Kier alpha value is -3.47. The fourth-order valence-corrected chi connectivity index (χ4v) is 7.81. The van der Waals surface area contributed by atoms with Crippen molar-refractivity contribution < 1.29 is 4.18 Å². The first-order valence-corrected chi connectivity index (χ1v) is 17.7. The molecule has 4 heteroatoms. The van der Waals surface area contributed by atoms with Crippen molar-refractivity contribution in [1.82, 2.24) is 4.98 Å². The standard InChI is InChI=1S/C41H43NOS2/c1-26-17-18-30-28(21-26)22-34(39(44-8)35(30)25-41(5,6)7)38-37-32(19-20-42-38)31-16-12-13-27(24-40(2,3)4)33(31)23-36(37)43-45-29-14-10-9-11-15-29/h9-23H,24-25H2,1-8H3. The summed E-state index contributed by atoms with van der Waals surface area (Å²) < 4.78 is 6.72. The van der Waals surface area contributed by atoms with Gasteiger partial charge in [0.25, 0.3) is 0 Å². The number of nitrogens with zero attached hydrogens (tertiary/aromatic N) is 1. The molecule has 0 aliphatic carbocycles. The van der Waals surface area contributed by atoms with Gasteiger partial charge in [-0.2, -0.15) is 0 Å². The van der Waals surface area contributed by atoms with Crippen LogP contribution >= 0.6 is 23.8 Å². The van der Waals surface area contributed by atoms with Crippen LogP contribution in [0.25, 0.3) is 43.6 Å². The zero-order valence-electron chi connectivity index (χ0n) is 27.7. The molecular weight excluding hydrogens is 587 g/mol. The molecule has 0 atom stereocenters. The molecule has 0 N–H and O–H groups in total. The van der Waals surface area contributed by atoms with E-state index in [9.17, 15) is 0 Å². The van der Waals surface area contributed by atoms with E-state index in [1.807, 2.05) is 24.0 Å². The SMILES string of the molecule is CSc1c(-c2nccc3c2c(OSc2ccccc2)cc2c(CC(C)(C)C)cccc23)cc2cc(C)ccc2c1CC(C)(C)C. The summed E-state index contributed by atoms with van der Waals surface area (Å²) in [5.41, 5.74) is 6.44. The van der Waals surface area contributed by atoms with E-state index in [4.69, 9.17) is 9.17 Å². The maximum absolute atomic E-state index is 6.72. The minimum absolute atomic E-state index is 0.132. The van der Waals surface area contributed by atoms with E-state index in [0.717, 1.165) is 34.6 Å². The zero-order chi connectivity index (χ0) is 31.9. The summed E-state index contributed by atoms with van der Waals surface area (Å²) in [5, 5.41) is 7.31. The van der Waals surface area contributed by atoms with E-state index in [2.05, 4.69) is 134 Å². The van der Waals surface area contributed by atoms with Crippen LogP contribution in [0.1, 0.15) is 58.2 Å². The predicted molar refractivity (Wildman–Crippen MR) is 198 cm³/mol. The molecule has 6 aromatic rings. The van der Waals surface area contributed by atoms with Gasteiger partial charge in [-0.1, -0.05) is 102 Å². The molecule has 6 rings (SSSR count). The van der Waals surface area contributed by atoms with Crippen molar-refractivity contribution in [2.75, 3.05) is 6.26 Å². The number of thioether (sulfide) groups is 1. The molecule has 0 amide bonds. The van der Waals surface area contributed by atoms with E-state index in [1.165, 1.54) is 66.1 Å². The molecule has 0 spiro atoms. The van der Waals surface area contributed by atoms with E-state index in [-0.39, 0.29) is 10.8 Å². The fraction of sp³-hybridized carbons (Fsp3) is 0.293. The normalized spacial score (nSPS) is 12.4. The molecule has 0 saturated carbocycles. The molecule has 2 nitrogen and oxygen atoms in total. The lowest BCUT2D eigenvalue weighted by molar-refractivity contribution is 0.410. The van der Waals surface area contributed by atoms with Gasteiger partial charge >= 0.3 is 0 Å². The molecule has 230 valence electrons. The summed E-state index contributed by atoms with van der Waals surface area (Å²) in [6, 6.07) is 30.7. The number of hydrogen-bond donors (Lipinski definition) is 0. The minimum Gasteiger partial charge on any atom is -0.420 e. The molecule has 1 aromatic heterocycles. The highest BCUT2D eigenvalue weighted by Crippen LogP contribution is 2.47. The maximum Gasteiger partial charge on any atom is 0.148 e. The molecular formula is C41H43NOS2. The number of pyridine rings is 1. The highest BCUT2D eigenvalue weighted by Gasteiger charge is 2.24. The van der Waals surface area contributed by atoms with Gasteiger partial charge in [0.05, 0.1) is 23.1 Å². The predicted octanol–water partition coefficient (Wildman–Crippen LogP) is 12.5. The summed E-state index contributed by atoms with van der Waals surface area (Å²) in [4.78, 5) is 7.52. The number of benzene rings is 5. The van der Waals surface area contributed by atoms with Gasteiger partial charge in [0, 0.05) is 21.6 Å². The first-order chi connectivity index (χ1) is 21.4. The van der Waals surface area contributed by atoms with Crippen LogP contribution in [0.3, 0.4) is 0 Å². The van der Waals surface area contributed by atoms with E-state index in [1.54, 1.807) is 0 Å². The molecule has 5 aromatic carbocycles. The summed E-state index contributed by atoms with van der Waals surface area (Å²) in [7, 11) is 0. The second kappa shape index (κ2) is 12.4. The Kier molecular flexibility index (Phi) is 8.67. The van der Waals surface area contributed by atoms with Gasteiger partial charge in [-0.3, -0.25) is 4.98 Å². The average molecular weight is 630 g/mol. The van der Waals surface area contributed by atoms with Crippen LogP contribution in [-0.2, 0) is 12.8 Å². The van der Waals surface area contributed by atoms with Crippen LogP contribution in [0, 0.1) is 17.8 Å². The number of aromatic nitrogens is 1. The topological polar surface area (TPSA) is 22.1 Å². The number of rotatable bonds is 7. The van der Waals surface area contributed by atoms with Crippen molar-refractivity contribution in [2.24, 2.45) is 10.8 Å². The van der Waals surface area contributed by atoms with Gasteiger partial charge in [0.15, 0.2) is 0 Å². The molecule has 0 bridgehead atoms. The summed E-state index contributed by atoms with van der Waals surface area (Å²) in [5.74, 6) is 0.851. The van der Waals surface area contributed by atoms with Crippen molar-refractivity contribution >= 4 is 56.1 Å². The first kappa shape index (κ1) is 31.5. The quantitative estimate of drug-likeness (QED) is 0.0995. The van der Waals surface area contributed by atoms with Gasteiger partial charge in [-0.25, -0.2) is 0 Å². The Morgan fingerprint density at radius 1 is 0.711 bits per heavy atom. The largest absolute Gasteiger partial charge is 0.420 e. The lowest BCUT2D eigenvalue weighted by Crippen LogP contribution is -2.11. The van der Waals surface area contributed by atoms with Gasteiger partial charge < -0.3 is 4.18 Å². The van der Waals surface area contributed by atoms with E-state index < -0.39 is 0 Å². The summed E-state index contributed by atoms with van der Waals surface area (Å²) >= 11 is 3.24. The third kappa shape index (κ3) is 6.73.